The van der Waals surface area contributed by atoms with Crippen LogP contribution in [-0.4, -0.2) is 18.5 Å². The molecular weight excluding hydrogens is 236 g/mol. The number of carbonyl (C=O) groups is 1. The lowest BCUT2D eigenvalue weighted by atomic mass is 10.0. The molecule has 0 aromatic rings. The molecule has 3 heteroatoms. The number of allylic oxidation sites excluding steroid dienone is 1. The molecule has 0 aliphatic heterocycles. The Hall–Kier alpha value is -0.990. The SMILES string of the molecule is CC/C=C(/NC(C)CC(C)C)C(CCCC)NC=O. The fourth-order valence-electron chi connectivity index (χ4n) is 2.39. The van der Waals surface area contributed by atoms with Gasteiger partial charge in [-0.1, -0.05) is 46.6 Å². The summed E-state index contributed by atoms with van der Waals surface area (Å²) in [5.41, 5.74) is 1.18. The number of unbranched alkanes of at least 4 members (excludes halogenated alkanes) is 1. The molecule has 0 rings (SSSR count). The van der Waals surface area contributed by atoms with Gasteiger partial charge >= 0.3 is 0 Å². The lowest BCUT2D eigenvalue weighted by Crippen LogP contribution is -2.39. The molecule has 2 atom stereocenters. The zero-order valence-electron chi connectivity index (χ0n) is 13.3. The van der Waals surface area contributed by atoms with E-state index in [0.29, 0.717) is 12.0 Å². The average molecular weight is 268 g/mol. The first-order valence-corrected chi connectivity index (χ1v) is 7.71. The van der Waals surface area contributed by atoms with Crippen LogP contribution in [0.4, 0.5) is 0 Å². The molecule has 0 fully saturated rings. The number of carbonyl (C=O) groups excluding carboxylic acids is 1. The first kappa shape index (κ1) is 18.0. The second-order valence-corrected chi connectivity index (χ2v) is 5.72. The Kier molecular flexibility index (Phi) is 10.3. The summed E-state index contributed by atoms with van der Waals surface area (Å²) in [4.78, 5) is 10.8. The molecule has 2 N–H and O–H groups in total. The highest BCUT2D eigenvalue weighted by Gasteiger charge is 2.15. The zero-order chi connectivity index (χ0) is 14.7. The quantitative estimate of drug-likeness (QED) is 0.562. The summed E-state index contributed by atoms with van der Waals surface area (Å²) in [7, 11) is 0. The van der Waals surface area contributed by atoms with Crippen molar-refractivity contribution < 1.29 is 4.79 Å². The summed E-state index contributed by atoms with van der Waals surface area (Å²) in [6.07, 6.45) is 8.43. The molecule has 19 heavy (non-hydrogen) atoms. The summed E-state index contributed by atoms with van der Waals surface area (Å²) in [6.45, 7) is 11.0. The number of nitrogens with one attached hydrogen (secondary N) is 2. The third-order valence-corrected chi connectivity index (χ3v) is 3.15. The van der Waals surface area contributed by atoms with E-state index in [1.807, 2.05) is 0 Å². The molecule has 0 radical (unpaired) electrons. The van der Waals surface area contributed by atoms with Crippen molar-refractivity contribution in [1.29, 1.82) is 0 Å². The van der Waals surface area contributed by atoms with Crippen molar-refractivity contribution in [3.63, 3.8) is 0 Å². The van der Waals surface area contributed by atoms with Crippen LogP contribution in [0.3, 0.4) is 0 Å². The summed E-state index contributed by atoms with van der Waals surface area (Å²) in [6, 6.07) is 0.572. The van der Waals surface area contributed by atoms with Gasteiger partial charge in [0.15, 0.2) is 0 Å². The van der Waals surface area contributed by atoms with Crippen LogP contribution in [0.2, 0.25) is 0 Å². The van der Waals surface area contributed by atoms with Crippen LogP contribution in [0.15, 0.2) is 11.8 Å². The van der Waals surface area contributed by atoms with Crippen LogP contribution in [0.5, 0.6) is 0 Å². The number of hydrogen-bond donors (Lipinski definition) is 2. The molecule has 0 aromatic heterocycles. The molecule has 0 aliphatic rings. The Morgan fingerprint density at radius 3 is 2.37 bits per heavy atom. The Morgan fingerprint density at radius 2 is 1.89 bits per heavy atom. The Bertz CT molecular complexity index is 261. The number of amides is 1. The molecule has 112 valence electrons. The van der Waals surface area contributed by atoms with E-state index in [4.69, 9.17) is 0 Å². The standard InChI is InChI=1S/C16H32N2O/c1-6-8-10-15(17-12-19)16(9-7-2)18-14(5)11-13(3)4/h9,12-15,18H,6-8,10-11H2,1-5H3,(H,17,19)/b16-9+. The van der Waals surface area contributed by atoms with Gasteiger partial charge in [-0.15, -0.1) is 0 Å². The fraction of sp³-hybridized carbons (Fsp3) is 0.812. The van der Waals surface area contributed by atoms with E-state index in [1.165, 1.54) is 5.70 Å². The average Bonchev–Trinajstić information content (AvgIpc) is 2.33. The van der Waals surface area contributed by atoms with Crippen LogP contribution < -0.4 is 10.6 Å². The molecule has 1 amide bonds. The van der Waals surface area contributed by atoms with Crippen LogP contribution in [0.25, 0.3) is 0 Å². The van der Waals surface area contributed by atoms with Crippen LogP contribution in [0.1, 0.15) is 66.7 Å². The predicted molar refractivity (Wildman–Crippen MR) is 82.9 cm³/mol. The molecule has 0 aliphatic carbocycles. The van der Waals surface area contributed by atoms with Gasteiger partial charge in [-0.05, 0) is 32.1 Å². The maximum Gasteiger partial charge on any atom is 0.207 e. The smallest absolute Gasteiger partial charge is 0.207 e. The van der Waals surface area contributed by atoms with Crippen molar-refractivity contribution in [3.05, 3.63) is 11.8 Å². The lowest BCUT2D eigenvalue weighted by molar-refractivity contribution is -0.110. The van der Waals surface area contributed by atoms with Gasteiger partial charge in [-0.2, -0.15) is 0 Å². The van der Waals surface area contributed by atoms with Crippen molar-refractivity contribution in [1.82, 2.24) is 10.6 Å². The van der Waals surface area contributed by atoms with Gasteiger partial charge < -0.3 is 10.6 Å². The van der Waals surface area contributed by atoms with Crippen molar-refractivity contribution in [2.75, 3.05) is 0 Å². The first-order chi connectivity index (χ1) is 9.04. The topological polar surface area (TPSA) is 41.1 Å². The molecule has 0 aromatic carbocycles. The van der Waals surface area contributed by atoms with E-state index in [9.17, 15) is 4.79 Å². The highest BCUT2D eigenvalue weighted by atomic mass is 16.1. The van der Waals surface area contributed by atoms with Crippen LogP contribution in [-0.2, 0) is 4.79 Å². The monoisotopic (exact) mass is 268 g/mol. The number of hydrogen-bond acceptors (Lipinski definition) is 2. The molecule has 0 spiro atoms. The largest absolute Gasteiger partial charge is 0.384 e. The highest BCUT2D eigenvalue weighted by Crippen LogP contribution is 2.12. The fourth-order valence-corrected chi connectivity index (χ4v) is 2.39. The molecular formula is C16H32N2O. The second kappa shape index (κ2) is 10.9. The van der Waals surface area contributed by atoms with Gasteiger partial charge in [0.2, 0.25) is 6.41 Å². The van der Waals surface area contributed by atoms with Gasteiger partial charge in [-0.3, -0.25) is 4.79 Å². The summed E-state index contributed by atoms with van der Waals surface area (Å²) in [5, 5.41) is 6.53. The zero-order valence-corrected chi connectivity index (χ0v) is 13.3. The van der Waals surface area contributed by atoms with Gasteiger partial charge in [-0.25, -0.2) is 0 Å². The van der Waals surface area contributed by atoms with Gasteiger partial charge in [0.05, 0.1) is 6.04 Å². The molecule has 0 heterocycles. The van der Waals surface area contributed by atoms with Crippen molar-refractivity contribution in [2.45, 2.75) is 78.8 Å². The minimum absolute atomic E-state index is 0.131. The van der Waals surface area contributed by atoms with Crippen LogP contribution in [0, 0.1) is 5.92 Å². The maximum absolute atomic E-state index is 10.8. The summed E-state index contributed by atoms with van der Waals surface area (Å²) >= 11 is 0. The van der Waals surface area contributed by atoms with Crippen molar-refractivity contribution >= 4 is 6.41 Å². The summed E-state index contributed by atoms with van der Waals surface area (Å²) < 4.78 is 0. The molecule has 3 nitrogen and oxygen atoms in total. The van der Waals surface area contributed by atoms with Gasteiger partial charge in [0.25, 0.3) is 0 Å². The van der Waals surface area contributed by atoms with E-state index in [2.05, 4.69) is 51.3 Å². The maximum atomic E-state index is 10.8. The molecule has 2 unspecified atom stereocenters. The summed E-state index contributed by atoms with van der Waals surface area (Å²) in [5.74, 6) is 0.679. The van der Waals surface area contributed by atoms with E-state index in [0.717, 1.165) is 38.5 Å². The number of rotatable bonds is 11. The highest BCUT2D eigenvalue weighted by molar-refractivity contribution is 5.48. The first-order valence-electron chi connectivity index (χ1n) is 7.71. The van der Waals surface area contributed by atoms with Gasteiger partial charge in [0.1, 0.15) is 0 Å². The van der Waals surface area contributed by atoms with Crippen molar-refractivity contribution in [2.24, 2.45) is 5.92 Å². The van der Waals surface area contributed by atoms with Crippen molar-refractivity contribution in [3.8, 4) is 0 Å². The van der Waals surface area contributed by atoms with E-state index >= 15 is 0 Å². The van der Waals surface area contributed by atoms with Crippen LogP contribution >= 0.6 is 0 Å². The normalized spacial score (nSPS) is 15.2. The minimum Gasteiger partial charge on any atom is -0.384 e. The second-order valence-electron chi connectivity index (χ2n) is 5.72. The lowest BCUT2D eigenvalue weighted by Gasteiger charge is -2.26. The molecule has 0 saturated heterocycles. The van der Waals surface area contributed by atoms with E-state index in [1.54, 1.807) is 0 Å². The van der Waals surface area contributed by atoms with Gasteiger partial charge in [0, 0.05) is 11.7 Å². The molecule has 0 saturated carbocycles. The van der Waals surface area contributed by atoms with E-state index < -0.39 is 0 Å². The third kappa shape index (κ3) is 8.68. The third-order valence-electron chi connectivity index (χ3n) is 3.15. The molecule has 0 bridgehead atoms. The minimum atomic E-state index is 0.131. The Balaban J connectivity index is 4.63. The Labute approximate surface area is 119 Å². The predicted octanol–water partition coefficient (Wildman–Crippen LogP) is 3.61. The van der Waals surface area contributed by atoms with E-state index in [-0.39, 0.29) is 6.04 Å². The Morgan fingerprint density at radius 1 is 1.21 bits per heavy atom.